The molecule has 1 fully saturated rings. The summed E-state index contributed by atoms with van der Waals surface area (Å²) in [4.78, 5) is 0.235. The summed E-state index contributed by atoms with van der Waals surface area (Å²) in [6, 6.07) is 6.12. The van der Waals surface area contributed by atoms with E-state index >= 15 is 0 Å². The maximum atomic E-state index is 11.9. The topological polar surface area (TPSA) is 55.4 Å². The van der Waals surface area contributed by atoms with Crippen LogP contribution in [0.2, 0.25) is 5.02 Å². The molecule has 1 aliphatic heterocycles. The third kappa shape index (κ3) is 3.68. The largest absolute Gasteiger partial charge is 0.378 e. The molecule has 1 aliphatic rings. The Morgan fingerprint density at radius 2 is 2.06 bits per heavy atom. The fourth-order valence-electron chi connectivity index (χ4n) is 1.92. The van der Waals surface area contributed by atoms with Crippen molar-refractivity contribution in [1.29, 1.82) is 0 Å². The Labute approximate surface area is 112 Å². The lowest BCUT2D eigenvalue weighted by Crippen LogP contribution is -2.27. The van der Waals surface area contributed by atoms with Gasteiger partial charge in [-0.2, -0.15) is 0 Å². The minimum atomic E-state index is -3.43. The molecule has 1 saturated heterocycles. The standard InChI is InChI=1S/C12H16ClNO3S/c13-10-3-5-12(6-4-10)18(15,16)14-8-7-11-2-1-9-17-11/h3-6,11,14H,1-2,7-9H2. The molecule has 4 nitrogen and oxygen atoms in total. The van der Waals surface area contributed by atoms with E-state index in [0.717, 1.165) is 19.4 Å². The van der Waals surface area contributed by atoms with Gasteiger partial charge in [0.15, 0.2) is 0 Å². The quantitative estimate of drug-likeness (QED) is 0.904. The first-order chi connectivity index (χ1) is 8.58. The number of sulfonamides is 1. The highest BCUT2D eigenvalue weighted by Gasteiger charge is 2.17. The third-order valence-corrected chi connectivity index (χ3v) is 4.64. The third-order valence-electron chi connectivity index (χ3n) is 2.91. The SMILES string of the molecule is O=S(=O)(NCCC1CCCO1)c1ccc(Cl)cc1. The molecule has 0 spiro atoms. The van der Waals surface area contributed by atoms with Crippen molar-refractivity contribution in [2.45, 2.75) is 30.3 Å². The number of nitrogens with one attached hydrogen (secondary N) is 1. The van der Waals surface area contributed by atoms with Gasteiger partial charge in [-0.15, -0.1) is 0 Å². The Kier molecular flexibility index (Phi) is 4.61. The molecule has 1 unspecified atom stereocenters. The van der Waals surface area contributed by atoms with E-state index in [9.17, 15) is 8.42 Å². The van der Waals surface area contributed by atoms with Crippen LogP contribution in [0.1, 0.15) is 19.3 Å². The lowest BCUT2D eigenvalue weighted by molar-refractivity contribution is 0.105. The van der Waals surface area contributed by atoms with Crippen LogP contribution in [0.25, 0.3) is 0 Å². The molecule has 1 aromatic carbocycles. The van der Waals surface area contributed by atoms with Gasteiger partial charge in [-0.1, -0.05) is 11.6 Å². The zero-order valence-corrected chi connectivity index (χ0v) is 11.5. The smallest absolute Gasteiger partial charge is 0.240 e. The molecule has 0 amide bonds. The fraction of sp³-hybridized carbons (Fsp3) is 0.500. The average Bonchev–Trinajstić information content (AvgIpc) is 2.82. The van der Waals surface area contributed by atoms with Gasteiger partial charge in [0.1, 0.15) is 0 Å². The average molecular weight is 290 g/mol. The van der Waals surface area contributed by atoms with Crippen molar-refractivity contribution < 1.29 is 13.2 Å². The molecule has 1 heterocycles. The summed E-state index contributed by atoms with van der Waals surface area (Å²) in [6.07, 6.45) is 2.99. The monoisotopic (exact) mass is 289 g/mol. The number of ether oxygens (including phenoxy) is 1. The maximum absolute atomic E-state index is 11.9. The molecule has 0 bridgehead atoms. The van der Waals surface area contributed by atoms with E-state index < -0.39 is 10.0 Å². The van der Waals surface area contributed by atoms with Crippen LogP contribution in [-0.4, -0.2) is 27.7 Å². The predicted octanol–water partition coefficient (Wildman–Crippen LogP) is 2.19. The highest BCUT2D eigenvalue weighted by molar-refractivity contribution is 7.89. The molecule has 0 aliphatic carbocycles. The number of halogens is 1. The number of hydrogen-bond acceptors (Lipinski definition) is 3. The molecule has 0 aromatic heterocycles. The van der Waals surface area contributed by atoms with Gasteiger partial charge < -0.3 is 4.74 Å². The normalized spacial score (nSPS) is 20.2. The van der Waals surface area contributed by atoms with Crippen molar-refractivity contribution >= 4 is 21.6 Å². The summed E-state index contributed by atoms with van der Waals surface area (Å²) < 4.78 is 31.9. The summed E-state index contributed by atoms with van der Waals surface area (Å²) in [6.45, 7) is 1.18. The Morgan fingerprint density at radius 1 is 1.33 bits per heavy atom. The van der Waals surface area contributed by atoms with Crippen LogP contribution in [-0.2, 0) is 14.8 Å². The molecular formula is C12H16ClNO3S. The second-order valence-electron chi connectivity index (χ2n) is 4.28. The van der Waals surface area contributed by atoms with E-state index in [2.05, 4.69) is 4.72 Å². The number of benzene rings is 1. The summed E-state index contributed by atoms with van der Waals surface area (Å²) in [5.74, 6) is 0. The molecule has 2 rings (SSSR count). The van der Waals surface area contributed by atoms with E-state index in [1.807, 2.05) is 0 Å². The van der Waals surface area contributed by atoms with Crippen LogP contribution in [0.3, 0.4) is 0 Å². The lowest BCUT2D eigenvalue weighted by atomic mass is 10.2. The molecule has 18 heavy (non-hydrogen) atoms. The van der Waals surface area contributed by atoms with Gasteiger partial charge >= 0.3 is 0 Å². The molecule has 1 N–H and O–H groups in total. The first-order valence-electron chi connectivity index (χ1n) is 5.95. The Hall–Kier alpha value is -0.620. The summed E-state index contributed by atoms with van der Waals surface area (Å²) in [5, 5.41) is 0.522. The molecule has 0 saturated carbocycles. The van der Waals surface area contributed by atoms with Gasteiger partial charge in [0.05, 0.1) is 11.0 Å². The summed E-state index contributed by atoms with van der Waals surface area (Å²) >= 11 is 5.72. The predicted molar refractivity (Wildman–Crippen MR) is 70.2 cm³/mol. The van der Waals surface area contributed by atoms with Gasteiger partial charge in [0.25, 0.3) is 0 Å². The summed E-state index contributed by atoms with van der Waals surface area (Å²) in [7, 11) is -3.43. The van der Waals surface area contributed by atoms with Crippen molar-refractivity contribution in [3.8, 4) is 0 Å². The Balaban J connectivity index is 1.88. The minimum Gasteiger partial charge on any atom is -0.378 e. The van der Waals surface area contributed by atoms with Gasteiger partial charge in [0.2, 0.25) is 10.0 Å². The van der Waals surface area contributed by atoms with E-state index in [0.29, 0.717) is 18.0 Å². The zero-order valence-electron chi connectivity index (χ0n) is 9.93. The maximum Gasteiger partial charge on any atom is 0.240 e. The lowest BCUT2D eigenvalue weighted by Gasteiger charge is -2.10. The van der Waals surface area contributed by atoms with Crippen LogP contribution in [0, 0.1) is 0 Å². The molecule has 100 valence electrons. The highest BCUT2D eigenvalue weighted by Crippen LogP contribution is 2.16. The van der Waals surface area contributed by atoms with E-state index in [4.69, 9.17) is 16.3 Å². The molecular weight excluding hydrogens is 274 g/mol. The van der Waals surface area contributed by atoms with Crippen LogP contribution >= 0.6 is 11.6 Å². The Morgan fingerprint density at radius 3 is 2.67 bits per heavy atom. The van der Waals surface area contributed by atoms with Gasteiger partial charge in [-0.05, 0) is 43.5 Å². The number of hydrogen-bond donors (Lipinski definition) is 1. The van der Waals surface area contributed by atoms with Crippen molar-refractivity contribution in [2.75, 3.05) is 13.2 Å². The molecule has 1 atom stereocenters. The highest BCUT2D eigenvalue weighted by atomic mass is 35.5. The van der Waals surface area contributed by atoms with Gasteiger partial charge in [-0.3, -0.25) is 0 Å². The minimum absolute atomic E-state index is 0.193. The second kappa shape index (κ2) is 6.02. The second-order valence-corrected chi connectivity index (χ2v) is 6.48. The van der Waals surface area contributed by atoms with Crippen LogP contribution in [0.5, 0.6) is 0 Å². The first kappa shape index (κ1) is 13.8. The van der Waals surface area contributed by atoms with Gasteiger partial charge in [0, 0.05) is 18.2 Å². The van der Waals surface area contributed by atoms with E-state index in [1.54, 1.807) is 12.1 Å². The van der Waals surface area contributed by atoms with Crippen LogP contribution < -0.4 is 4.72 Å². The van der Waals surface area contributed by atoms with Crippen molar-refractivity contribution in [3.63, 3.8) is 0 Å². The summed E-state index contributed by atoms with van der Waals surface area (Å²) in [5.41, 5.74) is 0. The van der Waals surface area contributed by atoms with E-state index in [1.165, 1.54) is 12.1 Å². The van der Waals surface area contributed by atoms with Crippen LogP contribution in [0.4, 0.5) is 0 Å². The zero-order chi connectivity index (χ0) is 13.0. The van der Waals surface area contributed by atoms with Crippen molar-refractivity contribution in [3.05, 3.63) is 29.3 Å². The van der Waals surface area contributed by atoms with Crippen molar-refractivity contribution in [1.82, 2.24) is 4.72 Å². The Bertz CT molecular complexity index is 481. The van der Waals surface area contributed by atoms with Gasteiger partial charge in [-0.25, -0.2) is 13.1 Å². The first-order valence-corrected chi connectivity index (χ1v) is 7.81. The molecule has 1 aromatic rings. The van der Waals surface area contributed by atoms with Crippen LogP contribution in [0.15, 0.2) is 29.2 Å². The molecule has 0 radical (unpaired) electrons. The molecule has 6 heteroatoms. The number of rotatable bonds is 5. The van der Waals surface area contributed by atoms with Crippen molar-refractivity contribution in [2.24, 2.45) is 0 Å². The van der Waals surface area contributed by atoms with E-state index in [-0.39, 0.29) is 11.0 Å². The fourth-order valence-corrected chi connectivity index (χ4v) is 3.10.